The topological polar surface area (TPSA) is 72.8 Å². The van der Waals surface area contributed by atoms with Gasteiger partial charge in [0.15, 0.2) is 6.61 Å². The summed E-state index contributed by atoms with van der Waals surface area (Å²) in [5, 5.41) is 10.3. The number of ether oxygens (including phenoxy) is 2. The predicted octanol–water partition coefficient (Wildman–Crippen LogP) is 6.31. The van der Waals surface area contributed by atoms with Crippen LogP contribution >= 0.6 is 0 Å². The summed E-state index contributed by atoms with van der Waals surface area (Å²) in [7, 11) is 0. The van der Waals surface area contributed by atoms with Crippen molar-refractivity contribution in [3.63, 3.8) is 0 Å². The second-order valence-electron chi connectivity index (χ2n) is 14.1. The summed E-state index contributed by atoms with van der Waals surface area (Å²) in [5.74, 6) is 3.52. The molecule has 9 atom stereocenters. The average Bonchev–Trinajstić information content (AvgIpc) is 3.12. The maximum absolute atomic E-state index is 12.3. The van der Waals surface area contributed by atoms with Gasteiger partial charge in [-0.05, 0) is 131 Å². The van der Waals surface area contributed by atoms with Gasteiger partial charge in [-0.2, -0.15) is 0 Å². The molecule has 0 aromatic heterocycles. The minimum Gasteiger partial charge on any atom is -0.457 e. The number of hydrogen-bond acceptors (Lipinski definition) is 5. The predicted molar refractivity (Wildman–Crippen MR) is 136 cm³/mol. The third kappa shape index (κ3) is 5.45. The lowest BCUT2D eigenvalue weighted by atomic mass is 9.44. The fraction of sp³-hybridized carbons (Fsp3) is 0.933. The molecule has 5 heteroatoms. The Morgan fingerprint density at radius 3 is 2.34 bits per heavy atom. The number of hydrogen-bond donors (Lipinski definition) is 1. The Morgan fingerprint density at radius 2 is 1.63 bits per heavy atom. The first-order valence-electron chi connectivity index (χ1n) is 14.4. The lowest BCUT2D eigenvalue weighted by molar-refractivity contribution is -0.166. The van der Waals surface area contributed by atoms with Gasteiger partial charge < -0.3 is 14.6 Å². The summed E-state index contributed by atoms with van der Waals surface area (Å²) in [6.07, 6.45) is 12.2. The van der Waals surface area contributed by atoms with Crippen molar-refractivity contribution in [1.82, 2.24) is 0 Å². The highest BCUT2D eigenvalue weighted by Crippen LogP contribution is 2.68. The van der Waals surface area contributed by atoms with Gasteiger partial charge in [-0.3, -0.25) is 4.79 Å². The third-order valence-corrected chi connectivity index (χ3v) is 11.0. The first kappa shape index (κ1) is 26.9. The molecule has 0 aromatic carbocycles. The molecule has 4 rings (SSSR count). The number of esters is 2. The third-order valence-electron chi connectivity index (χ3n) is 11.0. The molecule has 0 amide bonds. The summed E-state index contributed by atoms with van der Waals surface area (Å²) in [6.45, 7) is 12.6. The highest BCUT2D eigenvalue weighted by Gasteiger charge is 2.60. The Morgan fingerprint density at radius 1 is 0.943 bits per heavy atom. The van der Waals surface area contributed by atoms with Gasteiger partial charge in [0.2, 0.25) is 0 Å². The fourth-order valence-electron chi connectivity index (χ4n) is 9.34. The van der Waals surface area contributed by atoms with E-state index in [1.165, 1.54) is 44.9 Å². The lowest BCUT2D eigenvalue weighted by Crippen LogP contribution is -2.54. The van der Waals surface area contributed by atoms with Crippen molar-refractivity contribution < 1.29 is 24.2 Å². The molecule has 5 nitrogen and oxygen atoms in total. The molecule has 0 heterocycles. The van der Waals surface area contributed by atoms with Crippen LogP contribution in [0.3, 0.4) is 0 Å². The van der Waals surface area contributed by atoms with Crippen LogP contribution < -0.4 is 0 Å². The maximum Gasteiger partial charge on any atom is 0.344 e. The van der Waals surface area contributed by atoms with E-state index in [9.17, 15) is 14.7 Å². The second-order valence-corrected chi connectivity index (χ2v) is 14.1. The highest BCUT2D eigenvalue weighted by atomic mass is 16.6. The molecule has 1 N–H and O–H groups in total. The smallest absolute Gasteiger partial charge is 0.344 e. The molecular weight excluding hydrogens is 440 g/mol. The molecule has 35 heavy (non-hydrogen) atoms. The van der Waals surface area contributed by atoms with Gasteiger partial charge in [0.25, 0.3) is 0 Å². The molecule has 0 bridgehead atoms. The van der Waals surface area contributed by atoms with Crippen molar-refractivity contribution in [3.8, 4) is 0 Å². The van der Waals surface area contributed by atoms with Gasteiger partial charge in [-0.1, -0.05) is 20.8 Å². The first-order valence-corrected chi connectivity index (χ1v) is 14.4. The standard InChI is InChI=1S/C30H50O5/c1-19(7-12-26(32)34-18-27(33)35-28(2,3)4)23-10-11-24-22-9-8-20-17-21(31)13-15-29(20,5)25(22)14-16-30(23,24)6/h19-25,31H,7-18H2,1-6H3/t19?,20-,21?,22?,23?,24?,25?,29?,30?/m0/s1. The summed E-state index contributed by atoms with van der Waals surface area (Å²) < 4.78 is 10.4. The van der Waals surface area contributed by atoms with Crippen molar-refractivity contribution in [2.75, 3.05) is 6.61 Å². The van der Waals surface area contributed by atoms with Crippen LogP contribution in [0.15, 0.2) is 0 Å². The molecule has 0 spiro atoms. The molecule has 4 fully saturated rings. The van der Waals surface area contributed by atoms with Gasteiger partial charge in [0, 0.05) is 6.42 Å². The van der Waals surface area contributed by atoms with Crippen molar-refractivity contribution in [2.24, 2.45) is 46.3 Å². The zero-order valence-electron chi connectivity index (χ0n) is 23.1. The van der Waals surface area contributed by atoms with Crippen LogP contribution in [0.5, 0.6) is 0 Å². The summed E-state index contributed by atoms with van der Waals surface area (Å²) >= 11 is 0. The molecule has 0 radical (unpaired) electrons. The molecule has 0 saturated heterocycles. The Bertz CT molecular complexity index is 786. The quantitative estimate of drug-likeness (QED) is 0.442. The number of fused-ring (bicyclic) bond motifs is 5. The molecule has 0 aliphatic heterocycles. The van der Waals surface area contributed by atoms with Gasteiger partial charge in [-0.15, -0.1) is 0 Å². The van der Waals surface area contributed by atoms with E-state index in [0.29, 0.717) is 35.0 Å². The fourth-order valence-corrected chi connectivity index (χ4v) is 9.34. The number of aliphatic hydroxyl groups is 1. The van der Waals surface area contributed by atoms with Gasteiger partial charge in [-0.25, -0.2) is 4.79 Å². The second kappa shape index (κ2) is 9.99. The van der Waals surface area contributed by atoms with E-state index >= 15 is 0 Å². The number of rotatable bonds is 6. The van der Waals surface area contributed by atoms with E-state index < -0.39 is 11.6 Å². The highest BCUT2D eigenvalue weighted by molar-refractivity contribution is 5.76. The van der Waals surface area contributed by atoms with Crippen LogP contribution in [0.2, 0.25) is 0 Å². The zero-order valence-corrected chi connectivity index (χ0v) is 23.1. The van der Waals surface area contributed by atoms with E-state index in [1.807, 2.05) is 20.8 Å². The molecule has 4 aliphatic carbocycles. The van der Waals surface area contributed by atoms with E-state index in [4.69, 9.17) is 9.47 Å². The van der Waals surface area contributed by atoms with E-state index in [0.717, 1.165) is 37.0 Å². The molecule has 4 aliphatic rings. The number of carbonyl (C=O) groups excluding carboxylic acids is 2. The molecule has 0 aromatic rings. The van der Waals surface area contributed by atoms with Gasteiger partial charge in [0.05, 0.1) is 6.10 Å². The van der Waals surface area contributed by atoms with E-state index in [-0.39, 0.29) is 18.7 Å². The van der Waals surface area contributed by atoms with E-state index in [2.05, 4.69) is 20.8 Å². The van der Waals surface area contributed by atoms with Crippen LogP contribution in [0, 0.1) is 46.3 Å². The van der Waals surface area contributed by atoms with E-state index in [1.54, 1.807) is 0 Å². The molecule has 200 valence electrons. The minimum absolute atomic E-state index is 0.0778. The van der Waals surface area contributed by atoms with Gasteiger partial charge in [0.1, 0.15) is 5.60 Å². The Balaban J connectivity index is 1.31. The van der Waals surface area contributed by atoms with Crippen molar-refractivity contribution >= 4 is 11.9 Å². The Hall–Kier alpha value is -1.10. The zero-order chi connectivity index (χ0) is 25.6. The normalized spacial score (nSPS) is 41.8. The summed E-state index contributed by atoms with van der Waals surface area (Å²) in [4.78, 5) is 24.2. The molecular formula is C30H50O5. The first-order chi connectivity index (χ1) is 16.3. The van der Waals surface area contributed by atoms with Crippen molar-refractivity contribution in [1.29, 1.82) is 0 Å². The largest absolute Gasteiger partial charge is 0.457 e. The monoisotopic (exact) mass is 490 g/mol. The number of aliphatic hydroxyl groups excluding tert-OH is 1. The van der Waals surface area contributed by atoms with Crippen LogP contribution in [0.1, 0.15) is 112 Å². The Labute approximate surface area is 213 Å². The Kier molecular flexibility index (Phi) is 7.69. The van der Waals surface area contributed by atoms with Crippen LogP contribution in [0.4, 0.5) is 0 Å². The van der Waals surface area contributed by atoms with Crippen molar-refractivity contribution in [3.05, 3.63) is 0 Å². The molecule has 4 saturated carbocycles. The van der Waals surface area contributed by atoms with Crippen LogP contribution in [-0.4, -0.2) is 35.4 Å². The average molecular weight is 491 g/mol. The van der Waals surface area contributed by atoms with Gasteiger partial charge >= 0.3 is 11.9 Å². The SMILES string of the molecule is CC(CCC(=O)OCC(=O)OC(C)(C)C)C1CCC2C3CC[C@H]4CC(O)CCC4(C)C3CCC12C. The molecule has 8 unspecified atom stereocenters. The van der Waals surface area contributed by atoms with Crippen molar-refractivity contribution in [2.45, 2.75) is 124 Å². The number of carbonyl (C=O) groups is 2. The summed E-state index contributed by atoms with van der Waals surface area (Å²) in [5.41, 5.74) is 0.226. The van der Waals surface area contributed by atoms with Crippen LogP contribution in [0.25, 0.3) is 0 Å². The van der Waals surface area contributed by atoms with Crippen LogP contribution in [-0.2, 0) is 19.1 Å². The minimum atomic E-state index is -0.569. The maximum atomic E-state index is 12.3. The summed E-state index contributed by atoms with van der Waals surface area (Å²) in [6, 6.07) is 0. The lowest BCUT2D eigenvalue weighted by Gasteiger charge is -2.61.